The Hall–Kier alpha value is -1.14. The number of nitrogens with one attached hydrogen (secondary N) is 1. The number of nitrogens with zero attached hydrogens (tertiary/aromatic N) is 2. The maximum absolute atomic E-state index is 10.4. The van der Waals surface area contributed by atoms with Crippen LogP contribution in [0, 0.1) is 10.1 Å². The van der Waals surface area contributed by atoms with Crippen molar-refractivity contribution in [2.45, 2.75) is 16.7 Å². The standard InChI is InChI=1S/C9H11N3O2S/c13-12(14)7-1-2-9(11-5-7)15-8-3-4-10-6-8/h1-2,5,8,10H,3-4,6H2. The van der Waals surface area contributed by atoms with E-state index in [9.17, 15) is 10.1 Å². The van der Waals surface area contributed by atoms with Crippen molar-refractivity contribution in [1.82, 2.24) is 10.3 Å². The molecule has 0 aromatic carbocycles. The maximum atomic E-state index is 10.4. The van der Waals surface area contributed by atoms with E-state index >= 15 is 0 Å². The summed E-state index contributed by atoms with van der Waals surface area (Å²) in [6, 6.07) is 3.21. The van der Waals surface area contributed by atoms with Gasteiger partial charge in [0.25, 0.3) is 5.69 Å². The molecule has 2 heterocycles. The molecule has 6 heteroatoms. The van der Waals surface area contributed by atoms with Crippen LogP contribution in [0.3, 0.4) is 0 Å². The lowest BCUT2D eigenvalue weighted by Crippen LogP contribution is -2.10. The smallest absolute Gasteiger partial charge is 0.287 e. The molecule has 0 saturated carbocycles. The first-order valence-electron chi connectivity index (χ1n) is 4.73. The van der Waals surface area contributed by atoms with Crippen LogP contribution >= 0.6 is 11.8 Å². The van der Waals surface area contributed by atoms with Crippen molar-refractivity contribution in [2.24, 2.45) is 0 Å². The normalized spacial score (nSPS) is 20.4. The summed E-state index contributed by atoms with van der Waals surface area (Å²) in [4.78, 5) is 14.0. The Kier molecular flexibility index (Phi) is 3.17. The number of hydrogen-bond donors (Lipinski definition) is 1. The van der Waals surface area contributed by atoms with Gasteiger partial charge in [-0.15, -0.1) is 11.8 Å². The molecule has 1 aliphatic rings. The molecule has 1 atom stereocenters. The highest BCUT2D eigenvalue weighted by molar-refractivity contribution is 7.99. The Morgan fingerprint density at radius 2 is 2.47 bits per heavy atom. The van der Waals surface area contributed by atoms with Gasteiger partial charge < -0.3 is 5.32 Å². The molecule has 0 aliphatic carbocycles. The van der Waals surface area contributed by atoms with Crippen LogP contribution in [0.25, 0.3) is 0 Å². The van der Waals surface area contributed by atoms with E-state index in [1.54, 1.807) is 17.8 Å². The van der Waals surface area contributed by atoms with Crippen molar-refractivity contribution in [3.05, 3.63) is 28.4 Å². The minimum atomic E-state index is -0.432. The lowest BCUT2D eigenvalue weighted by Gasteiger charge is -2.05. The van der Waals surface area contributed by atoms with Crippen molar-refractivity contribution in [3.63, 3.8) is 0 Å². The third-order valence-electron chi connectivity index (χ3n) is 2.23. The van der Waals surface area contributed by atoms with Gasteiger partial charge in [-0.05, 0) is 19.0 Å². The van der Waals surface area contributed by atoms with E-state index in [1.165, 1.54) is 12.3 Å². The SMILES string of the molecule is O=[N+]([O-])c1ccc(SC2CCNC2)nc1. The topological polar surface area (TPSA) is 68.1 Å². The number of nitro groups is 1. The average Bonchev–Trinajstić information content (AvgIpc) is 2.71. The quantitative estimate of drug-likeness (QED) is 0.622. The van der Waals surface area contributed by atoms with E-state index in [1.807, 2.05) is 0 Å². The lowest BCUT2D eigenvalue weighted by molar-refractivity contribution is -0.385. The summed E-state index contributed by atoms with van der Waals surface area (Å²) < 4.78 is 0. The van der Waals surface area contributed by atoms with Crippen LogP contribution < -0.4 is 5.32 Å². The lowest BCUT2D eigenvalue weighted by atomic mass is 10.4. The summed E-state index contributed by atoms with van der Waals surface area (Å²) in [7, 11) is 0. The van der Waals surface area contributed by atoms with Gasteiger partial charge in [-0.2, -0.15) is 0 Å². The molecule has 0 radical (unpaired) electrons. The first kappa shape index (κ1) is 10.4. The molecule has 1 aromatic rings. The van der Waals surface area contributed by atoms with Crippen molar-refractivity contribution in [3.8, 4) is 0 Å². The molecule has 15 heavy (non-hydrogen) atoms. The summed E-state index contributed by atoms with van der Waals surface area (Å²) in [6.45, 7) is 2.04. The zero-order valence-corrected chi connectivity index (χ0v) is 8.87. The Morgan fingerprint density at radius 3 is 3.00 bits per heavy atom. The van der Waals surface area contributed by atoms with Crippen LogP contribution in [-0.4, -0.2) is 28.2 Å². The van der Waals surface area contributed by atoms with E-state index in [0.717, 1.165) is 24.5 Å². The monoisotopic (exact) mass is 225 g/mol. The molecule has 1 aliphatic heterocycles. The highest BCUT2D eigenvalue weighted by Gasteiger charge is 2.16. The molecular formula is C9H11N3O2S. The van der Waals surface area contributed by atoms with E-state index in [2.05, 4.69) is 10.3 Å². The Labute approximate surface area is 91.4 Å². The van der Waals surface area contributed by atoms with Crippen LogP contribution in [0.4, 0.5) is 5.69 Å². The van der Waals surface area contributed by atoms with E-state index in [0.29, 0.717) is 5.25 Å². The maximum Gasteiger partial charge on any atom is 0.287 e. The number of rotatable bonds is 3. The largest absolute Gasteiger partial charge is 0.316 e. The van der Waals surface area contributed by atoms with E-state index < -0.39 is 4.92 Å². The third-order valence-corrected chi connectivity index (χ3v) is 3.45. The van der Waals surface area contributed by atoms with Crippen LogP contribution in [-0.2, 0) is 0 Å². The van der Waals surface area contributed by atoms with Crippen molar-refractivity contribution >= 4 is 17.4 Å². The van der Waals surface area contributed by atoms with Gasteiger partial charge in [0.2, 0.25) is 0 Å². The third kappa shape index (κ3) is 2.66. The second-order valence-corrected chi connectivity index (χ2v) is 4.67. The zero-order chi connectivity index (χ0) is 10.7. The van der Waals surface area contributed by atoms with Gasteiger partial charge in [-0.25, -0.2) is 4.98 Å². The summed E-state index contributed by atoms with van der Waals surface area (Å²) in [5, 5.41) is 15.1. The molecule has 0 bridgehead atoms. The van der Waals surface area contributed by atoms with Gasteiger partial charge in [0.1, 0.15) is 6.20 Å². The highest BCUT2D eigenvalue weighted by atomic mass is 32.2. The van der Waals surface area contributed by atoms with E-state index in [-0.39, 0.29) is 5.69 Å². The molecule has 1 N–H and O–H groups in total. The van der Waals surface area contributed by atoms with Gasteiger partial charge in [-0.3, -0.25) is 10.1 Å². The van der Waals surface area contributed by atoms with Gasteiger partial charge in [0.05, 0.1) is 9.95 Å². The predicted molar refractivity (Wildman–Crippen MR) is 58.0 cm³/mol. The molecule has 2 rings (SSSR count). The molecule has 80 valence electrons. The molecule has 5 nitrogen and oxygen atoms in total. The van der Waals surface area contributed by atoms with Crippen LogP contribution in [0.2, 0.25) is 0 Å². The summed E-state index contributed by atoms with van der Waals surface area (Å²) in [5.41, 5.74) is 0.0453. The second-order valence-electron chi connectivity index (χ2n) is 3.34. The molecule has 0 spiro atoms. The first-order valence-corrected chi connectivity index (χ1v) is 5.61. The van der Waals surface area contributed by atoms with Crippen LogP contribution in [0.5, 0.6) is 0 Å². The number of thioether (sulfide) groups is 1. The van der Waals surface area contributed by atoms with Gasteiger partial charge in [-0.1, -0.05) is 0 Å². The highest BCUT2D eigenvalue weighted by Crippen LogP contribution is 2.26. The fraction of sp³-hybridized carbons (Fsp3) is 0.444. The van der Waals surface area contributed by atoms with Gasteiger partial charge in [0, 0.05) is 17.9 Å². The fourth-order valence-corrected chi connectivity index (χ4v) is 2.49. The average molecular weight is 225 g/mol. The van der Waals surface area contributed by atoms with E-state index in [4.69, 9.17) is 0 Å². The van der Waals surface area contributed by atoms with Crippen molar-refractivity contribution in [1.29, 1.82) is 0 Å². The molecule has 1 saturated heterocycles. The minimum Gasteiger partial charge on any atom is -0.316 e. The van der Waals surface area contributed by atoms with Gasteiger partial charge in [0.15, 0.2) is 0 Å². The fourth-order valence-electron chi connectivity index (χ4n) is 1.45. The van der Waals surface area contributed by atoms with Gasteiger partial charge >= 0.3 is 0 Å². The second kappa shape index (κ2) is 4.59. The molecule has 0 amide bonds. The van der Waals surface area contributed by atoms with Crippen LogP contribution in [0.1, 0.15) is 6.42 Å². The number of hydrogen-bond acceptors (Lipinski definition) is 5. The van der Waals surface area contributed by atoms with Crippen LogP contribution in [0.15, 0.2) is 23.4 Å². The zero-order valence-electron chi connectivity index (χ0n) is 8.05. The Morgan fingerprint density at radius 1 is 1.60 bits per heavy atom. The predicted octanol–water partition coefficient (Wildman–Crippen LogP) is 1.44. The minimum absolute atomic E-state index is 0.0453. The molecular weight excluding hydrogens is 214 g/mol. The summed E-state index contributed by atoms with van der Waals surface area (Å²) in [6.07, 6.45) is 2.44. The molecule has 1 aromatic heterocycles. The van der Waals surface area contributed by atoms with Crippen molar-refractivity contribution in [2.75, 3.05) is 13.1 Å². The Balaban J connectivity index is 2.00. The molecule has 1 unspecified atom stereocenters. The summed E-state index contributed by atoms with van der Waals surface area (Å²) in [5.74, 6) is 0. The molecule has 1 fully saturated rings. The Bertz CT molecular complexity index is 349. The van der Waals surface area contributed by atoms with Crippen molar-refractivity contribution < 1.29 is 4.92 Å². The first-order chi connectivity index (χ1) is 7.25. The number of pyridine rings is 1. The number of aromatic nitrogens is 1. The summed E-state index contributed by atoms with van der Waals surface area (Å²) >= 11 is 1.68.